The average molecular weight is 1070 g/mol. The number of anilines is 8. The second-order valence-corrected chi connectivity index (χ2v) is 33.7. The van der Waals surface area contributed by atoms with E-state index in [9.17, 15) is 0 Å². The van der Waals surface area contributed by atoms with Crippen LogP contribution in [-0.4, -0.2) is 12.3 Å². The Kier molecular flexibility index (Phi) is 10.9. The zero-order valence-electron chi connectivity index (χ0n) is 53.8. The van der Waals surface area contributed by atoms with Gasteiger partial charge in [-0.15, -0.1) is 0 Å². The normalized spacial score (nSPS) is 26.3. The number of hydrogen-bond donors (Lipinski definition) is 0. The molecular formula is C77H96BN3. The molecule has 5 aliphatic carbocycles. The Labute approximate surface area is 490 Å². The molecule has 2 unspecified atom stereocenters. The van der Waals surface area contributed by atoms with Crippen LogP contribution >= 0.6 is 0 Å². The molecule has 0 N–H and O–H groups in total. The van der Waals surface area contributed by atoms with E-state index in [-0.39, 0.29) is 61.0 Å². The Morgan fingerprint density at radius 2 is 0.691 bits per heavy atom. The molecule has 3 nitrogen and oxygen atoms in total. The molecule has 1 fully saturated rings. The molecule has 1 saturated carbocycles. The van der Waals surface area contributed by atoms with E-state index >= 15 is 0 Å². The monoisotopic (exact) mass is 1070 g/mol. The van der Waals surface area contributed by atoms with Crippen molar-refractivity contribution in [1.82, 2.24) is 0 Å². The summed E-state index contributed by atoms with van der Waals surface area (Å²) in [4.78, 5) is 8.60. The van der Waals surface area contributed by atoms with Crippen molar-refractivity contribution < 1.29 is 0 Å². The van der Waals surface area contributed by atoms with Crippen molar-refractivity contribution in [3.63, 3.8) is 0 Å². The fourth-order valence-electron chi connectivity index (χ4n) is 19.2. The summed E-state index contributed by atoms with van der Waals surface area (Å²) in [7, 11) is 0. The summed E-state index contributed by atoms with van der Waals surface area (Å²) in [5.41, 5.74) is 32.0. The van der Waals surface area contributed by atoms with Crippen molar-refractivity contribution in [2.75, 3.05) is 14.7 Å². The molecule has 3 aliphatic heterocycles. The van der Waals surface area contributed by atoms with Gasteiger partial charge in [0.25, 0.3) is 6.71 Å². The highest BCUT2D eigenvalue weighted by Crippen LogP contribution is 2.63. The van der Waals surface area contributed by atoms with Crippen molar-refractivity contribution in [2.24, 2.45) is 0 Å². The van der Waals surface area contributed by atoms with Crippen LogP contribution in [0.3, 0.4) is 0 Å². The van der Waals surface area contributed by atoms with Crippen molar-refractivity contribution in [3.05, 3.63) is 146 Å². The Morgan fingerprint density at radius 3 is 1.14 bits per heavy atom. The van der Waals surface area contributed by atoms with Crippen LogP contribution in [0.1, 0.15) is 256 Å². The van der Waals surface area contributed by atoms with Gasteiger partial charge in [0.15, 0.2) is 0 Å². The van der Waals surface area contributed by atoms with Gasteiger partial charge >= 0.3 is 0 Å². The smallest absolute Gasteiger partial charge is 0.252 e. The van der Waals surface area contributed by atoms with Crippen LogP contribution in [0.25, 0.3) is 0 Å². The van der Waals surface area contributed by atoms with E-state index in [4.69, 9.17) is 0 Å². The zero-order valence-corrected chi connectivity index (χ0v) is 53.8. The van der Waals surface area contributed by atoms with Crippen LogP contribution in [0.15, 0.2) is 84.9 Å². The minimum Gasteiger partial charge on any atom is -0.334 e. The topological polar surface area (TPSA) is 9.72 Å². The first kappa shape index (κ1) is 53.8. The summed E-state index contributed by atoms with van der Waals surface area (Å²) in [6, 6.07) is 36.8. The van der Waals surface area contributed by atoms with Crippen LogP contribution in [0.4, 0.5) is 45.5 Å². The summed E-state index contributed by atoms with van der Waals surface area (Å²) in [6.45, 7) is 50.5. The molecule has 0 spiro atoms. The molecule has 81 heavy (non-hydrogen) atoms. The van der Waals surface area contributed by atoms with Gasteiger partial charge in [-0.2, -0.15) is 0 Å². The van der Waals surface area contributed by atoms with Crippen LogP contribution in [0, 0.1) is 13.8 Å². The summed E-state index contributed by atoms with van der Waals surface area (Å²) in [5, 5.41) is 0. The van der Waals surface area contributed by atoms with Crippen molar-refractivity contribution in [3.8, 4) is 0 Å². The highest BCUT2D eigenvalue weighted by atomic mass is 15.3. The number of aryl methyl sites for hydroxylation is 2. The van der Waals surface area contributed by atoms with E-state index in [0.29, 0.717) is 0 Å². The van der Waals surface area contributed by atoms with Gasteiger partial charge in [-0.3, -0.25) is 0 Å². The summed E-state index contributed by atoms with van der Waals surface area (Å²) in [5.74, 6) is 0. The third kappa shape index (κ3) is 7.19. The van der Waals surface area contributed by atoms with Crippen LogP contribution in [0.5, 0.6) is 0 Å². The van der Waals surface area contributed by atoms with Crippen molar-refractivity contribution in [1.29, 1.82) is 0 Å². The fourth-order valence-corrected chi connectivity index (χ4v) is 19.2. The molecule has 0 amide bonds. The zero-order chi connectivity index (χ0) is 57.7. The molecule has 3 heterocycles. The maximum absolute atomic E-state index is 2.89. The van der Waals surface area contributed by atoms with Crippen molar-refractivity contribution >= 4 is 68.6 Å². The van der Waals surface area contributed by atoms with E-state index in [0.717, 1.165) is 12.8 Å². The number of hydrogen-bond acceptors (Lipinski definition) is 3. The molecule has 14 rings (SSSR count). The first-order valence-electron chi connectivity index (χ1n) is 32.0. The minimum atomic E-state index is -0.121. The summed E-state index contributed by atoms with van der Waals surface area (Å²) in [6.07, 6.45) is 13.1. The Balaban J connectivity index is 1.18. The molecule has 422 valence electrons. The number of nitrogens with zero attached hydrogens (tertiary/aromatic N) is 3. The van der Waals surface area contributed by atoms with E-state index in [1.807, 2.05) is 0 Å². The Bertz CT molecular complexity index is 3740. The molecule has 6 aromatic carbocycles. The maximum Gasteiger partial charge on any atom is 0.252 e. The number of rotatable bonds is 3. The highest BCUT2D eigenvalue weighted by molar-refractivity contribution is 7.00. The minimum absolute atomic E-state index is 0.00735. The lowest BCUT2D eigenvalue weighted by molar-refractivity contribution is 0.195. The summed E-state index contributed by atoms with van der Waals surface area (Å²) >= 11 is 0. The molecular weight excluding hydrogens is 978 g/mol. The Hall–Kier alpha value is -5.22. The van der Waals surface area contributed by atoms with Gasteiger partial charge in [0, 0.05) is 50.9 Å². The van der Waals surface area contributed by atoms with Gasteiger partial charge in [-0.05, 0) is 242 Å². The quantitative estimate of drug-likeness (QED) is 0.163. The molecule has 2 atom stereocenters. The lowest BCUT2D eigenvalue weighted by Crippen LogP contribution is -2.62. The van der Waals surface area contributed by atoms with Gasteiger partial charge in [0.1, 0.15) is 0 Å². The van der Waals surface area contributed by atoms with Gasteiger partial charge < -0.3 is 14.7 Å². The third-order valence-electron chi connectivity index (χ3n) is 24.6. The molecule has 0 radical (unpaired) electrons. The average Bonchev–Trinajstić information content (AvgIpc) is 1.89. The molecule has 6 aromatic rings. The Morgan fingerprint density at radius 1 is 0.333 bits per heavy atom. The van der Waals surface area contributed by atoms with Gasteiger partial charge in [-0.1, -0.05) is 173 Å². The molecule has 4 heteroatoms. The second kappa shape index (κ2) is 16.4. The third-order valence-corrected chi connectivity index (χ3v) is 24.6. The van der Waals surface area contributed by atoms with Crippen LogP contribution < -0.4 is 31.1 Å². The van der Waals surface area contributed by atoms with Crippen LogP contribution in [-0.2, 0) is 48.7 Å². The van der Waals surface area contributed by atoms with Crippen LogP contribution in [0.2, 0.25) is 0 Å². The van der Waals surface area contributed by atoms with Gasteiger partial charge in [0.2, 0.25) is 0 Å². The van der Waals surface area contributed by atoms with E-state index < -0.39 is 0 Å². The van der Waals surface area contributed by atoms with Crippen molar-refractivity contribution in [2.45, 2.75) is 263 Å². The number of fused-ring (bicyclic) bond motifs is 11. The largest absolute Gasteiger partial charge is 0.334 e. The van der Waals surface area contributed by atoms with Gasteiger partial charge in [0.05, 0.1) is 5.54 Å². The first-order valence-corrected chi connectivity index (χ1v) is 32.0. The van der Waals surface area contributed by atoms with Gasteiger partial charge in [-0.25, -0.2) is 0 Å². The highest BCUT2D eigenvalue weighted by Gasteiger charge is 2.59. The second-order valence-electron chi connectivity index (χ2n) is 33.7. The number of para-hydroxylation sites is 1. The predicted octanol–water partition coefficient (Wildman–Crippen LogP) is 19.1. The van der Waals surface area contributed by atoms with E-state index in [2.05, 4.69) is 238 Å². The molecule has 0 aromatic heterocycles. The van der Waals surface area contributed by atoms with E-state index in [1.165, 1.54) is 170 Å². The molecule has 8 aliphatic rings. The lowest BCUT2D eigenvalue weighted by atomic mass is 9.32. The molecule has 0 bridgehead atoms. The fraction of sp³-hybridized carbons (Fsp3) is 0.532. The van der Waals surface area contributed by atoms with E-state index in [1.54, 1.807) is 11.1 Å². The summed E-state index contributed by atoms with van der Waals surface area (Å²) < 4.78 is 0. The predicted molar refractivity (Wildman–Crippen MR) is 349 cm³/mol. The number of benzene rings is 6. The SMILES string of the molecule is Cc1cc2c(cc1N1c3cc4c(cc3B3c5cc6c(cc5N(c5cc7c(cc5C)C(C)(C)CC7(C)C)c5cc(N7c8ccccc8C8(C)CCCCC78C)cc1c53)C(C)(C)CCC6(C)C)C(C)(C)CCC4(C)C)C(C)(C)CCC2(C)C. The standard InChI is InChI=1S/C77H96BN3/c1-46-35-50-54(71(9,10)32-29-68(50,3)4)41-61(46)79-63-43-55-52(69(5,6)30-33-72(55,11)12)39-58(63)78-59-40-53-56(73(13,14)34-31-70(53,7)8)44-64(59)80(62-42-57-51(36-47(62)2)74(15,16)45-75(57,17)18)66-38-48(37-65(79)67(66)78)81-60-26-22-21-25-49(60)76(19)27-23-24-28-77(76,81)20/h21-22,25-26,35-44H,23-24,27-34,45H2,1-20H3. The molecule has 0 saturated heterocycles. The first-order chi connectivity index (χ1) is 37.6. The lowest BCUT2D eigenvalue weighted by Gasteiger charge is -2.52. The maximum atomic E-state index is 2.89.